The van der Waals surface area contributed by atoms with Crippen LogP contribution < -0.4 is 5.32 Å². The highest BCUT2D eigenvalue weighted by Gasteiger charge is 2.27. The van der Waals surface area contributed by atoms with E-state index in [2.05, 4.69) is 53.0 Å². The van der Waals surface area contributed by atoms with E-state index in [0.29, 0.717) is 19.4 Å². The van der Waals surface area contributed by atoms with Gasteiger partial charge in [-0.2, -0.15) is 0 Å². The van der Waals surface area contributed by atoms with Crippen molar-refractivity contribution in [2.75, 3.05) is 39.8 Å². The van der Waals surface area contributed by atoms with Gasteiger partial charge in [-0.05, 0) is 55.3 Å². The number of nitrogens with zero attached hydrogens (tertiary/aromatic N) is 2. The van der Waals surface area contributed by atoms with Crippen LogP contribution in [0.3, 0.4) is 0 Å². The number of rotatable bonds is 10. The zero-order valence-electron chi connectivity index (χ0n) is 18.0. The van der Waals surface area contributed by atoms with Crippen LogP contribution in [0.25, 0.3) is 0 Å². The quantitative estimate of drug-likeness (QED) is 0.464. The molecule has 0 aliphatic carbocycles. The first-order chi connectivity index (χ1) is 14.5. The number of aliphatic hydroxyl groups is 1. The third-order valence-corrected chi connectivity index (χ3v) is 6.00. The Balaban J connectivity index is 1.55. The van der Waals surface area contributed by atoms with E-state index in [1.807, 2.05) is 0 Å². The lowest BCUT2D eigenvalue weighted by Gasteiger charge is -2.32. The molecule has 3 rings (SSSR count). The van der Waals surface area contributed by atoms with Crippen LogP contribution in [-0.2, 0) is 18.7 Å². The topological polar surface area (TPSA) is 38.7 Å². The Hall–Kier alpha value is -2.05. The summed E-state index contributed by atoms with van der Waals surface area (Å²) in [6.07, 6.45) is 2.68. The summed E-state index contributed by atoms with van der Waals surface area (Å²) in [5.41, 5.74) is 2.34. The minimum Gasteiger partial charge on any atom is -0.385 e. The van der Waals surface area contributed by atoms with E-state index in [-0.39, 0.29) is 5.82 Å². The maximum absolute atomic E-state index is 13.3. The molecule has 0 amide bonds. The number of benzene rings is 2. The Morgan fingerprint density at radius 3 is 2.40 bits per heavy atom. The summed E-state index contributed by atoms with van der Waals surface area (Å²) in [4.78, 5) is 4.88. The Morgan fingerprint density at radius 2 is 1.73 bits per heavy atom. The smallest absolute Gasteiger partial charge is 0.123 e. The molecule has 30 heavy (non-hydrogen) atoms. The van der Waals surface area contributed by atoms with Gasteiger partial charge in [0.2, 0.25) is 0 Å². The van der Waals surface area contributed by atoms with Gasteiger partial charge in [0.25, 0.3) is 0 Å². The fourth-order valence-corrected chi connectivity index (χ4v) is 4.01. The van der Waals surface area contributed by atoms with E-state index < -0.39 is 5.60 Å². The van der Waals surface area contributed by atoms with E-state index in [0.717, 1.165) is 44.8 Å². The van der Waals surface area contributed by atoms with Crippen LogP contribution in [0.2, 0.25) is 0 Å². The van der Waals surface area contributed by atoms with E-state index >= 15 is 0 Å². The molecule has 0 spiro atoms. The number of halogens is 1. The summed E-state index contributed by atoms with van der Waals surface area (Å²) in [6, 6.07) is 14.7. The van der Waals surface area contributed by atoms with Crippen molar-refractivity contribution in [3.8, 4) is 0 Å². The van der Waals surface area contributed by atoms with Crippen LogP contribution in [0.5, 0.6) is 0 Å². The maximum atomic E-state index is 13.3. The summed E-state index contributed by atoms with van der Waals surface area (Å²) >= 11 is 0. The monoisotopic (exact) mass is 411 g/mol. The summed E-state index contributed by atoms with van der Waals surface area (Å²) in [6.45, 7) is 10.6. The molecule has 0 saturated carbocycles. The van der Waals surface area contributed by atoms with Gasteiger partial charge >= 0.3 is 0 Å². The van der Waals surface area contributed by atoms with Crippen molar-refractivity contribution in [2.24, 2.45) is 0 Å². The lowest BCUT2D eigenvalue weighted by Crippen LogP contribution is -2.44. The third kappa shape index (κ3) is 6.22. The molecule has 1 aliphatic heterocycles. The molecule has 1 heterocycles. The normalized spacial score (nSPS) is 17.6. The molecule has 1 atom stereocenters. The van der Waals surface area contributed by atoms with Crippen molar-refractivity contribution in [1.29, 1.82) is 0 Å². The van der Waals surface area contributed by atoms with E-state index in [1.54, 1.807) is 18.2 Å². The van der Waals surface area contributed by atoms with Gasteiger partial charge in [0.05, 0.1) is 5.60 Å². The van der Waals surface area contributed by atoms with Gasteiger partial charge < -0.3 is 15.3 Å². The lowest BCUT2D eigenvalue weighted by atomic mass is 9.87. The van der Waals surface area contributed by atoms with Gasteiger partial charge in [0, 0.05) is 39.3 Å². The zero-order valence-corrected chi connectivity index (χ0v) is 18.0. The highest BCUT2D eigenvalue weighted by Crippen LogP contribution is 2.29. The highest BCUT2D eigenvalue weighted by molar-refractivity contribution is 5.27. The van der Waals surface area contributed by atoms with Crippen LogP contribution >= 0.6 is 0 Å². The second kappa shape index (κ2) is 10.8. The van der Waals surface area contributed by atoms with Gasteiger partial charge in [-0.3, -0.25) is 4.90 Å². The molecule has 2 aromatic carbocycles. The number of hydrogen-bond donors (Lipinski definition) is 2. The molecule has 1 saturated heterocycles. The van der Waals surface area contributed by atoms with Gasteiger partial charge in [0.15, 0.2) is 0 Å². The zero-order chi connectivity index (χ0) is 21.4. The first-order valence-electron chi connectivity index (χ1n) is 10.8. The maximum Gasteiger partial charge on any atom is 0.123 e. The largest absolute Gasteiger partial charge is 0.385 e. The van der Waals surface area contributed by atoms with Crippen LogP contribution in [0, 0.1) is 5.82 Å². The fraction of sp³-hybridized carbons (Fsp3) is 0.440. The van der Waals surface area contributed by atoms with Crippen LogP contribution in [0.1, 0.15) is 29.5 Å². The average molecular weight is 412 g/mol. The second-order valence-electron chi connectivity index (χ2n) is 8.31. The molecule has 2 N–H and O–H groups in total. The molecule has 0 aromatic heterocycles. The molecule has 1 fully saturated rings. The van der Waals surface area contributed by atoms with Gasteiger partial charge in [0.1, 0.15) is 5.82 Å². The molecule has 5 heteroatoms. The van der Waals surface area contributed by atoms with Crippen molar-refractivity contribution < 1.29 is 9.50 Å². The predicted octanol–water partition coefficient (Wildman–Crippen LogP) is 3.52. The first-order valence-corrected chi connectivity index (χ1v) is 10.8. The fourth-order valence-electron chi connectivity index (χ4n) is 4.01. The number of nitrogens with one attached hydrogen (secondary N) is 1. The lowest BCUT2D eigenvalue weighted by molar-refractivity contribution is 0.0307. The van der Waals surface area contributed by atoms with Crippen molar-refractivity contribution in [2.45, 2.75) is 31.5 Å². The summed E-state index contributed by atoms with van der Waals surface area (Å²) in [5, 5.41) is 14.6. The van der Waals surface area contributed by atoms with E-state index in [9.17, 15) is 9.50 Å². The first kappa shape index (κ1) is 22.6. The molecule has 0 bridgehead atoms. The molecular formula is C25H34FN3O. The van der Waals surface area contributed by atoms with E-state index in [4.69, 9.17) is 0 Å². The molecule has 1 aliphatic rings. The number of piperazine rings is 1. The van der Waals surface area contributed by atoms with Crippen LogP contribution in [0.15, 0.2) is 61.2 Å². The molecular weight excluding hydrogens is 377 g/mol. The SMILES string of the molecule is C=CCC(O)(CCNCc1ccccc1CN1CCN(C)CC1)c1ccc(F)cc1. The summed E-state index contributed by atoms with van der Waals surface area (Å²) in [5.74, 6) is -0.296. The Labute approximate surface area is 180 Å². The molecule has 4 nitrogen and oxygen atoms in total. The summed E-state index contributed by atoms with van der Waals surface area (Å²) in [7, 11) is 2.18. The molecule has 162 valence electrons. The third-order valence-electron chi connectivity index (χ3n) is 6.00. The second-order valence-corrected chi connectivity index (χ2v) is 8.31. The molecule has 0 radical (unpaired) electrons. The van der Waals surface area contributed by atoms with Gasteiger partial charge in [-0.15, -0.1) is 6.58 Å². The minimum absolute atomic E-state index is 0.296. The average Bonchev–Trinajstić information content (AvgIpc) is 2.74. The van der Waals surface area contributed by atoms with Crippen molar-refractivity contribution in [1.82, 2.24) is 15.1 Å². The summed E-state index contributed by atoms with van der Waals surface area (Å²) < 4.78 is 13.3. The van der Waals surface area contributed by atoms with Crippen molar-refractivity contribution in [3.63, 3.8) is 0 Å². The number of hydrogen-bond acceptors (Lipinski definition) is 4. The van der Waals surface area contributed by atoms with Crippen molar-refractivity contribution >= 4 is 0 Å². The van der Waals surface area contributed by atoms with Gasteiger partial charge in [-0.1, -0.05) is 42.5 Å². The Bertz CT molecular complexity index is 802. The minimum atomic E-state index is -1.04. The Morgan fingerprint density at radius 1 is 1.07 bits per heavy atom. The van der Waals surface area contributed by atoms with Gasteiger partial charge in [-0.25, -0.2) is 4.39 Å². The molecule has 1 unspecified atom stereocenters. The molecule has 2 aromatic rings. The van der Waals surface area contributed by atoms with E-state index in [1.165, 1.54) is 23.3 Å². The number of likely N-dealkylation sites (N-methyl/N-ethyl adjacent to an activating group) is 1. The Kier molecular flexibility index (Phi) is 8.16. The van der Waals surface area contributed by atoms with Crippen molar-refractivity contribution in [3.05, 3.63) is 83.7 Å². The standard InChI is InChI=1S/C25H34FN3O/c1-3-12-25(30,23-8-10-24(26)11-9-23)13-14-27-19-21-6-4-5-7-22(21)20-29-17-15-28(2)16-18-29/h3-11,27,30H,1,12-20H2,2H3. The van der Waals surface area contributed by atoms with Crippen LogP contribution in [0.4, 0.5) is 4.39 Å². The predicted molar refractivity (Wildman–Crippen MR) is 121 cm³/mol. The highest BCUT2D eigenvalue weighted by atomic mass is 19.1. The van der Waals surface area contributed by atoms with Crippen LogP contribution in [-0.4, -0.2) is 54.7 Å².